The maximum Gasteiger partial charge on any atom is 0.446 e. The highest BCUT2D eigenvalue weighted by Gasteiger charge is 2.32. The summed E-state index contributed by atoms with van der Waals surface area (Å²) in [6.07, 6.45) is 0. The van der Waals surface area contributed by atoms with Crippen molar-refractivity contribution >= 4 is 23.2 Å². The van der Waals surface area contributed by atoms with E-state index in [1.807, 2.05) is 0 Å². The molecule has 0 amide bonds. The van der Waals surface area contributed by atoms with E-state index < -0.39 is 22.4 Å². The van der Waals surface area contributed by atoms with Gasteiger partial charge in [0.05, 0.1) is 11.5 Å². The number of carbonyl (C=O) groups is 2. The number of ketones is 1. The molecule has 0 saturated carbocycles. The Bertz CT molecular complexity index is 572. The highest BCUT2D eigenvalue weighted by atomic mass is 16.6. The minimum atomic E-state index is -1.06. The molecule has 0 radical (unpaired) electrons. The number of hydrogen-bond donors (Lipinski definition) is 0. The number of ether oxygens (including phenoxy) is 1. The molecular weight excluding hydrogens is 254 g/mol. The number of benzene rings is 1. The van der Waals surface area contributed by atoms with Gasteiger partial charge in [-0.15, -0.1) is 0 Å². The van der Waals surface area contributed by atoms with Crippen LogP contribution in [0.5, 0.6) is 0 Å². The zero-order valence-corrected chi connectivity index (χ0v) is 9.90. The first-order valence-electron chi connectivity index (χ1n) is 5.19. The van der Waals surface area contributed by atoms with Crippen LogP contribution in [0.1, 0.15) is 17.3 Å². The van der Waals surface area contributed by atoms with Crippen LogP contribution in [0.2, 0.25) is 0 Å². The van der Waals surface area contributed by atoms with Gasteiger partial charge in [-0.3, -0.25) is 14.9 Å². The zero-order valence-electron chi connectivity index (χ0n) is 9.90. The third-order valence-corrected chi connectivity index (χ3v) is 2.12. The summed E-state index contributed by atoms with van der Waals surface area (Å²) in [4.78, 5) is 35.6. The van der Waals surface area contributed by atoms with Crippen LogP contribution < -0.4 is 0 Å². The highest BCUT2D eigenvalue weighted by molar-refractivity contribution is 6.65. The van der Waals surface area contributed by atoms with E-state index in [4.69, 9.17) is 5.53 Å². The molecule has 0 aliphatic carbocycles. The van der Waals surface area contributed by atoms with Crippen LogP contribution in [0.4, 0.5) is 5.69 Å². The Labute approximate surface area is 107 Å². The number of Topliss-reactive ketones (excluding diaryl/α,β-unsaturated/α-hetero) is 1. The van der Waals surface area contributed by atoms with E-state index in [0.717, 1.165) is 24.3 Å². The smallest absolute Gasteiger partial charge is 0.446 e. The Morgan fingerprint density at radius 3 is 2.37 bits per heavy atom. The lowest BCUT2D eigenvalue weighted by atomic mass is 10.1. The summed E-state index contributed by atoms with van der Waals surface area (Å²) in [7, 11) is 0. The standard InChI is InChI=1S/C11H9N3O5/c1-2-19-11(16)9(13-12)10(15)7-3-5-8(6-4-7)14(17)18/h3-6H,2H2,1H3. The zero-order chi connectivity index (χ0) is 14.4. The number of carbonyl (C=O) groups excluding carboxylic acids is 2. The Morgan fingerprint density at radius 2 is 1.95 bits per heavy atom. The van der Waals surface area contributed by atoms with Crippen LogP contribution in [0.15, 0.2) is 24.3 Å². The van der Waals surface area contributed by atoms with Crippen molar-refractivity contribution in [2.45, 2.75) is 6.92 Å². The van der Waals surface area contributed by atoms with E-state index >= 15 is 0 Å². The van der Waals surface area contributed by atoms with Crippen molar-refractivity contribution in [3.8, 4) is 0 Å². The molecule has 0 spiro atoms. The minimum absolute atomic E-state index is 0.0192. The summed E-state index contributed by atoms with van der Waals surface area (Å²) in [6.45, 7) is 1.55. The molecule has 0 aliphatic heterocycles. The summed E-state index contributed by atoms with van der Waals surface area (Å²) in [5.74, 6) is -1.94. The third kappa shape index (κ3) is 3.30. The molecule has 19 heavy (non-hydrogen) atoms. The molecule has 0 bridgehead atoms. The molecule has 1 aromatic carbocycles. The number of hydrogen-bond acceptors (Lipinski definition) is 5. The van der Waals surface area contributed by atoms with Crippen LogP contribution in [0.3, 0.4) is 0 Å². The topological polar surface area (TPSA) is 123 Å². The SMILES string of the molecule is CCOC(=O)C(=[N+]=[N-])C(=O)c1ccc([N+](=O)[O-])cc1. The van der Waals surface area contributed by atoms with Gasteiger partial charge >= 0.3 is 11.7 Å². The molecule has 0 aromatic heterocycles. The van der Waals surface area contributed by atoms with Crippen molar-refractivity contribution in [1.29, 1.82) is 0 Å². The van der Waals surface area contributed by atoms with Gasteiger partial charge in [0.1, 0.15) is 0 Å². The summed E-state index contributed by atoms with van der Waals surface area (Å²) < 4.78 is 4.54. The van der Waals surface area contributed by atoms with E-state index in [1.165, 1.54) is 6.92 Å². The number of nitrogens with zero attached hydrogens (tertiary/aromatic N) is 3. The summed E-state index contributed by atoms with van der Waals surface area (Å²) >= 11 is 0. The maximum atomic E-state index is 11.8. The molecule has 0 saturated heterocycles. The third-order valence-electron chi connectivity index (χ3n) is 2.12. The van der Waals surface area contributed by atoms with Crippen molar-refractivity contribution in [1.82, 2.24) is 0 Å². The first-order valence-corrected chi connectivity index (χ1v) is 5.19. The second kappa shape index (κ2) is 6.18. The van der Waals surface area contributed by atoms with Crippen molar-refractivity contribution in [2.75, 3.05) is 6.61 Å². The maximum absolute atomic E-state index is 11.8. The van der Waals surface area contributed by atoms with E-state index in [2.05, 4.69) is 9.53 Å². The molecule has 0 aliphatic rings. The number of nitro benzene ring substituents is 1. The first-order chi connectivity index (χ1) is 9.01. The first kappa shape index (κ1) is 14.2. The predicted molar refractivity (Wildman–Crippen MR) is 62.7 cm³/mol. The van der Waals surface area contributed by atoms with Gasteiger partial charge in [-0.25, -0.2) is 4.79 Å². The molecule has 8 heteroatoms. The van der Waals surface area contributed by atoms with Gasteiger partial charge in [-0.1, -0.05) is 0 Å². The van der Waals surface area contributed by atoms with Gasteiger partial charge in [-0.05, 0) is 19.1 Å². The summed E-state index contributed by atoms with van der Waals surface area (Å²) in [6, 6.07) is 4.52. The van der Waals surface area contributed by atoms with E-state index in [1.54, 1.807) is 0 Å². The summed E-state index contributed by atoms with van der Waals surface area (Å²) in [5, 5.41) is 10.4. The number of esters is 1. The fraction of sp³-hybridized carbons (Fsp3) is 0.182. The monoisotopic (exact) mass is 263 g/mol. The van der Waals surface area contributed by atoms with E-state index in [0.29, 0.717) is 0 Å². The molecule has 0 atom stereocenters. The largest absolute Gasteiger partial charge is 0.457 e. The molecule has 98 valence electrons. The molecule has 1 rings (SSSR count). The Balaban J connectivity index is 3.02. The molecule has 0 heterocycles. The van der Waals surface area contributed by atoms with E-state index in [9.17, 15) is 19.7 Å². The van der Waals surface area contributed by atoms with Gasteiger partial charge in [0.15, 0.2) is 0 Å². The Morgan fingerprint density at radius 1 is 1.37 bits per heavy atom. The van der Waals surface area contributed by atoms with Gasteiger partial charge in [0, 0.05) is 17.7 Å². The van der Waals surface area contributed by atoms with Crippen molar-refractivity contribution in [3.63, 3.8) is 0 Å². The van der Waals surface area contributed by atoms with E-state index in [-0.39, 0.29) is 17.9 Å². The fourth-order valence-corrected chi connectivity index (χ4v) is 1.25. The van der Waals surface area contributed by atoms with Crippen LogP contribution in [-0.2, 0) is 9.53 Å². The Kier molecular flexibility index (Phi) is 4.62. The number of non-ortho nitro benzene ring substituents is 1. The summed E-state index contributed by atoms with van der Waals surface area (Å²) in [5.41, 5.74) is 7.65. The number of nitro groups is 1. The van der Waals surface area contributed by atoms with Gasteiger partial charge < -0.3 is 10.3 Å². The highest BCUT2D eigenvalue weighted by Crippen LogP contribution is 2.12. The molecule has 1 aromatic rings. The second-order valence-corrected chi connectivity index (χ2v) is 3.30. The minimum Gasteiger partial charge on any atom is -0.457 e. The van der Waals surface area contributed by atoms with Gasteiger partial charge in [0.2, 0.25) is 0 Å². The molecule has 8 nitrogen and oxygen atoms in total. The molecule has 0 N–H and O–H groups in total. The lowest BCUT2D eigenvalue weighted by molar-refractivity contribution is -0.384. The molecular formula is C11H9N3O5. The quantitative estimate of drug-likeness (QED) is 0.115. The van der Waals surface area contributed by atoms with Crippen molar-refractivity contribution in [3.05, 3.63) is 45.5 Å². The fourth-order valence-electron chi connectivity index (χ4n) is 1.25. The molecule has 0 fully saturated rings. The van der Waals surface area contributed by atoms with Crippen LogP contribution in [0.25, 0.3) is 5.53 Å². The number of rotatable bonds is 5. The van der Waals surface area contributed by atoms with Crippen molar-refractivity contribution < 1.29 is 24.0 Å². The average molecular weight is 263 g/mol. The van der Waals surface area contributed by atoms with Crippen LogP contribution in [0, 0.1) is 10.1 Å². The lowest BCUT2D eigenvalue weighted by Crippen LogP contribution is -2.27. The normalized spacial score (nSPS) is 9.32. The van der Waals surface area contributed by atoms with Crippen LogP contribution in [-0.4, -0.2) is 33.8 Å². The average Bonchev–Trinajstić information content (AvgIpc) is 2.39. The lowest BCUT2D eigenvalue weighted by Gasteiger charge is -1.98. The van der Waals surface area contributed by atoms with Gasteiger partial charge in [0.25, 0.3) is 11.5 Å². The Hall–Kier alpha value is -2.86. The molecule has 0 unspecified atom stereocenters. The van der Waals surface area contributed by atoms with Crippen molar-refractivity contribution in [2.24, 2.45) is 0 Å². The second-order valence-electron chi connectivity index (χ2n) is 3.30. The predicted octanol–water partition coefficient (Wildman–Crippen LogP) is 1.01. The van der Waals surface area contributed by atoms with Gasteiger partial charge in [-0.2, -0.15) is 4.79 Å². The van der Waals surface area contributed by atoms with Crippen LogP contribution >= 0.6 is 0 Å².